The smallest absolute Gasteiger partial charge is 0.251 e. The minimum absolute atomic E-state index is 0.0184. The Hall–Kier alpha value is -3.33. The Morgan fingerprint density at radius 1 is 1.17 bits per heavy atom. The standard InChI is InChI=1S/C20H19N5O3S/c1-2-21-19(27)12-3-5-15-16(11-12)24-25(23-15)17-6-4-14-13(18(17)26)7-8-22-20(14)28-9-10-29/h3-8,11,26,29H,2,9-10H2,1H3,(H,21,27). The van der Waals surface area contributed by atoms with Crippen LogP contribution in [0.3, 0.4) is 0 Å². The molecule has 0 spiro atoms. The highest BCUT2D eigenvalue weighted by Crippen LogP contribution is 2.34. The lowest BCUT2D eigenvalue weighted by Gasteiger charge is -2.10. The van der Waals surface area contributed by atoms with E-state index in [9.17, 15) is 9.90 Å². The number of carbonyl (C=O) groups is 1. The Morgan fingerprint density at radius 3 is 2.79 bits per heavy atom. The van der Waals surface area contributed by atoms with E-state index in [0.717, 1.165) is 0 Å². The molecule has 0 fully saturated rings. The molecule has 0 aliphatic carbocycles. The van der Waals surface area contributed by atoms with Crippen LogP contribution in [0.5, 0.6) is 11.6 Å². The number of aromatic hydroxyl groups is 1. The van der Waals surface area contributed by atoms with Crippen LogP contribution in [0.15, 0.2) is 42.6 Å². The van der Waals surface area contributed by atoms with Gasteiger partial charge in [0.15, 0.2) is 5.75 Å². The summed E-state index contributed by atoms with van der Waals surface area (Å²) in [6.45, 7) is 2.82. The van der Waals surface area contributed by atoms with Gasteiger partial charge in [0, 0.05) is 34.8 Å². The van der Waals surface area contributed by atoms with Gasteiger partial charge in [-0.05, 0) is 43.3 Å². The normalized spacial score (nSPS) is 11.1. The fourth-order valence-electron chi connectivity index (χ4n) is 3.05. The van der Waals surface area contributed by atoms with E-state index in [0.29, 0.717) is 57.8 Å². The van der Waals surface area contributed by atoms with Crippen molar-refractivity contribution in [2.45, 2.75) is 6.92 Å². The van der Waals surface area contributed by atoms with Gasteiger partial charge >= 0.3 is 0 Å². The van der Waals surface area contributed by atoms with Gasteiger partial charge in [-0.25, -0.2) is 4.98 Å². The second kappa shape index (κ2) is 7.96. The van der Waals surface area contributed by atoms with E-state index in [1.807, 2.05) is 6.92 Å². The Bertz CT molecular complexity index is 1210. The van der Waals surface area contributed by atoms with Gasteiger partial charge in [0.2, 0.25) is 5.88 Å². The molecular weight excluding hydrogens is 390 g/mol. The highest BCUT2D eigenvalue weighted by molar-refractivity contribution is 7.80. The van der Waals surface area contributed by atoms with Crippen molar-refractivity contribution in [2.75, 3.05) is 18.9 Å². The van der Waals surface area contributed by atoms with Crippen LogP contribution in [0.25, 0.3) is 27.5 Å². The van der Waals surface area contributed by atoms with Gasteiger partial charge in [-0.2, -0.15) is 12.6 Å². The lowest BCUT2D eigenvalue weighted by Crippen LogP contribution is -2.22. The molecule has 4 aromatic rings. The molecule has 1 amide bonds. The number of nitrogens with one attached hydrogen (secondary N) is 1. The van der Waals surface area contributed by atoms with Gasteiger partial charge in [0.25, 0.3) is 5.91 Å². The molecule has 0 unspecified atom stereocenters. The van der Waals surface area contributed by atoms with Crippen molar-refractivity contribution in [1.82, 2.24) is 25.3 Å². The first-order valence-corrected chi connectivity index (χ1v) is 9.75. The van der Waals surface area contributed by atoms with Crippen LogP contribution in [0.4, 0.5) is 0 Å². The number of ether oxygens (including phenoxy) is 1. The molecule has 0 aliphatic heterocycles. The summed E-state index contributed by atoms with van der Waals surface area (Å²) < 4.78 is 5.60. The van der Waals surface area contributed by atoms with Crippen molar-refractivity contribution in [3.63, 3.8) is 0 Å². The number of carbonyl (C=O) groups excluding carboxylic acids is 1. The molecule has 2 N–H and O–H groups in total. The molecule has 0 aliphatic rings. The first kappa shape index (κ1) is 19.0. The van der Waals surface area contributed by atoms with Crippen molar-refractivity contribution in [3.8, 4) is 17.3 Å². The lowest BCUT2D eigenvalue weighted by molar-refractivity contribution is 0.0956. The molecular formula is C20H19N5O3S. The van der Waals surface area contributed by atoms with Crippen LogP contribution < -0.4 is 10.1 Å². The fourth-order valence-corrected chi connectivity index (χ4v) is 3.14. The number of phenols is 1. The first-order valence-electron chi connectivity index (χ1n) is 9.12. The maximum absolute atomic E-state index is 12.0. The number of hydrogen-bond donors (Lipinski definition) is 3. The molecule has 148 valence electrons. The summed E-state index contributed by atoms with van der Waals surface area (Å²) in [7, 11) is 0. The van der Waals surface area contributed by atoms with E-state index in [1.54, 1.807) is 42.6 Å². The quantitative estimate of drug-likeness (QED) is 0.423. The van der Waals surface area contributed by atoms with E-state index >= 15 is 0 Å². The molecule has 0 radical (unpaired) electrons. The number of benzene rings is 2. The number of pyridine rings is 1. The Kier molecular flexibility index (Phi) is 5.22. The van der Waals surface area contributed by atoms with Gasteiger partial charge in [-0.1, -0.05) is 0 Å². The maximum Gasteiger partial charge on any atom is 0.251 e. The summed E-state index contributed by atoms with van der Waals surface area (Å²) in [4.78, 5) is 17.6. The largest absolute Gasteiger partial charge is 0.505 e. The van der Waals surface area contributed by atoms with Crippen LogP contribution in [-0.2, 0) is 0 Å². The zero-order valence-electron chi connectivity index (χ0n) is 15.7. The van der Waals surface area contributed by atoms with Crippen LogP contribution in [0, 0.1) is 0 Å². The molecule has 0 atom stereocenters. The molecule has 2 aromatic heterocycles. The fraction of sp³-hybridized carbons (Fsp3) is 0.200. The summed E-state index contributed by atoms with van der Waals surface area (Å²) in [5.74, 6) is 0.844. The molecule has 0 bridgehead atoms. The SMILES string of the molecule is CCNC(=O)c1ccc2nn(-c3ccc4c(OCCS)nccc4c3O)nc2c1. The Labute approximate surface area is 171 Å². The predicted molar refractivity (Wildman–Crippen MR) is 113 cm³/mol. The number of aromatic nitrogens is 4. The van der Waals surface area contributed by atoms with Crippen molar-refractivity contribution >= 4 is 40.3 Å². The second-order valence-corrected chi connectivity index (χ2v) is 6.72. The third-order valence-electron chi connectivity index (χ3n) is 4.38. The minimum atomic E-state index is -0.168. The van der Waals surface area contributed by atoms with Crippen molar-refractivity contribution < 1.29 is 14.6 Å². The summed E-state index contributed by atoms with van der Waals surface area (Å²) in [6, 6.07) is 10.3. The van der Waals surface area contributed by atoms with E-state index in [4.69, 9.17) is 4.74 Å². The van der Waals surface area contributed by atoms with E-state index in [-0.39, 0.29) is 11.7 Å². The molecule has 0 saturated carbocycles. The van der Waals surface area contributed by atoms with Crippen LogP contribution in [0.2, 0.25) is 0 Å². The summed E-state index contributed by atoms with van der Waals surface area (Å²) in [6.07, 6.45) is 1.57. The van der Waals surface area contributed by atoms with Gasteiger partial charge in [-0.15, -0.1) is 15.0 Å². The van der Waals surface area contributed by atoms with Gasteiger partial charge in [0.1, 0.15) is 16.7 Å². The van der Waals surface area contributed by atoms with Crippen molar-refractivity contribution in [2.24, 2.45) is 0 Å². The van der Waals surface area contributed by atoms with Crippen LogP contribution in [-0.4, -0.2) is 49.9 Å². The zero-order chi connectivity index (χ0) is 20.4. The average Bonchev–Trinajstić information content (AvgIpc) is 3.15. The second-order valence-electron chi connectivity index (χ2n) is 6.27. The molecule has 2 aromatic carbocycles. The Morgan fingerprint density at radius 2 is 2.00 bits per heavy atom. The monoisotopic (exact) mass is 409 g/mol. The number of rotatable bonds is 6. The lowest BCUT2D eigenvalue weighted by atomic mass is 10.1. The minimum Gasteiger partial charge on any atom is -0.505 e. The van der Waals surface area contributed by atoms with Gasteiger partial charge in [0.05, 0.1) is 6.61 Å². The number of phenolic OH excluding ortho intramolecular Hbond substituents is 1. The highest BCUT2D eigenvalue weighted by Gasteiger charge is 2.15. The topological polar surface area (TPSA) is 102 Å². The highest BCUT2D eigenvalue weighted by atomic mass is 32.1. The predicted octanol–water partition coefficient (Wildman–Crippen LogP) is 2.73. The van der Waals surface area contributed by atoms with E-state index in [1.165, 1.54) is 4.80 Å². The average molecular weight is 409 g/mol. The van der Waals surface area contributed by atoms with Crippen LogP contribution in [0.1, 0.15) is 17.3 Å². The Balaban J connectivity index is 1.77. The molecule has 8 nitrogen and oxygen atoms in total. The number of amides is 1. The summed E-state index contributed by atoms with van der Waals surface area (Å²) in [5, 5.41) is 23.7. The molecule has 4 rings (SSSR count). The first-order chi connectivity index (χ1) is 14.1. The zero-order valence-corrected chi connectivity index (χ0v) is 16.6. The van der Waals surface area contributed by atoms with Crippen molar-refractivity contribution in [3.05, 3.63) is 48.2 Å². The molecule has 29 heavy (non-hydrogen) atoms. The molecule has 9 heteroatoms. The summed E-state index contributed by atoms with van der Waals surface area (Å²) in [5.41, 5.74) is 2.09. The van der Waals surface area contributed by atoms with E-state index < -0.39 is 0 Å². The van der Waals surface area contributed by atoms with Crippen LogP contribution >= 0.6 is 12.6 Å². The molecule has 0 saturated heterocycles. The number of fused-ring (bicyclic) bond motifs is 2. The maximum atomic E-state index is 12.0. The summed E-state index contributed by atoms with van der Waals surface area (Å²) >= 11 is 4.14. The van der Waals surface area contributed by atoms with Gasteiger partial charge in [-0.3, -0.25) is 4.79 Å². The third kappa shape index (κ3) is 3.56. The third-order valence-corrected chi connectivity index (χ3v) is 4.57. The van der Waals surface area contributed by atoms with Gasteiger partial charge < -0.3 is 15.2 Å². The van der Waals surface area contributed by atoms with E-state index in [2.05, 4.69) is 33.1 Å². The van der Waals surface area contributed by atoms with Crippen molar-refractivity contribution in [1.29, 1.82) is 0 Å². The number of nitrogens with zero attached hydrogens (tertiary/aromatic N) is 4. The number of thiol groups is 1. The molecule has 2 heterocycles. The number of hydrogen-bond acceptors (Lipinski definition) is 7.